The van der Waals surface area contributed by atoms with E-state index < -0.39 is 41.6 Å². The number of aliphatic hydroxyl groups excluding tert-OH is 2. The van der Waals surface area contributed by atoms with Crippen molar-refractivity contribution >= 4 is 23.5 Å². The fraction of sp³-hybridized carbons (Fsp3) is 0.227. The van der Waals surface area contributed by atoms with Crippen molar-refractivity contribution < 1.29 is 24.9 Å². The third-order valence-corrected chi connectivity index (χ3v) is 6.28. The van der Waals surface area contributed by atoms with Crippen LogP contribution in [0.25, 0.3) is 0 Å². The van der Waals surface area contributed by atoms with E-state index in [0.29, 0.717) is 10.5 Å². The fourth-order valence-corrected chi connectivity index (χ4v) is 4.60. The number of hydrogen-bond donors (Lipinski definition) is 4. The van der Waals surface area contributed by atoms with Gasteiger partial charge in [0.05, 0.1) is 6.61 Å². The van der Waals surface area contributed by atoms with Gasteiger partial charge in [0.1, 0.15) is 18.0 Å². The maximum absolute atomic E-state index is 12.7. The van der Waals surface area contributed by atoms with Crippen LogP contribution in [0.5, 0.6) is 0 Å². The largest absolute Gasteiger partial charge is 0.394 e. The van der Waals surface area contributed by atoms with Crippen LogP contribution in [0.3, 0.4) is 0 Å². The average molecular weight is 455 g/mol. The minimum Gasteiger partial charge on any atom is -0.394 e. The number of thioether (sulfide) groups is 1. The molecule has 0 bridgehead atoms. The molecule has 1 aliphatic heterocycles. The second-order valence-corrected chi connectivity index (χ2v) is 8.47. The number of nitrogens with zero attached hydrogens (tertiary/aromatic N) is 2. The van der Waals surface area contributed by atoms with Crippen LogP contribution in [0.15, 0.2) is 82.6 Å². The lowest BCUT2D eigenvalue weighted by Gasteiger charge is -2.31. The molecule has 2 aromatic carbocycles. The molecule has 0 radical (unpaired) electrons. The van der Waals surface area contributed by atoms with Crippen molar-refractivity contribution in [1.29, 1.82) is 0 Å². The summed E-state index contributed by atoms with van der Waals surface area (Å²) in [5, 5.41) is 34.1. The number of ether oxygens (including phenoxy) is 1. The van der Waals surface area contributed by atoms with Crippen LogP contribution in [-0.4, -0.2) is 54.5 Å². The zero-order valence-electron chi connectivity index (χ0n) is 16.7. The average Bonchev–Trinajstić information content (AvgIpc) is 3.05. The van der Waals surface area contributed by atoms with Crippen LogP contribution in [-0.2, 0) is 4.74 Å². The van der Waals surface area contributed by atoms with Gasteiger partial charge in [0, 0.05) is 16.7 Å². The standard InChI is InChI=1S/C22H21N3O6S/c26-13-16-18(27)22(30,32-15-9-5-2-6-10-15)20(31-16)25-12-11-17(24-21(25)29)23-19(28)14-7-3-1-4-8-14/h1-12,16,18,20,26-27,30H,13H2,(H,23,24,28,29)/t16-,18-,20-,22+/m1/s1. The van der Waals surface area contributed by atoms with E-state index in [4.69, 9.17) is 4.74 Å². The third kappa shape index (κ3) is 4.31. The number of anilines is 1. The Kier molecular flexibility index (Phi) is 6.40. The van der Waals surface area contributed by atoms with Crippen molar-refractivity contribution in [2.45, 2.75) is 28.3 Å². The quantitative estimate of drug-likeness (QED) is 0.408. The van der Waals surface area contributed by atoms with Crippen molar-refractivity contribution in [2.24, 2.45) is 0 Å². The van der Waals surface area contributed by atoms with Crippen LogP contribution < -0.4 is 11.0 Å². The first kappa shape index (κ1) is 22.2. The van der Waals surface area contributed by atoms with Gasteiger partial charge in [-0.1, -0.05) is 48.2 Å². The summed E-state index contributed by atoms with van der Waals surface area (Å²) in [6.07, 6.45) is -2.61. The Labute approximate surface area is 187 Å². The molecule has 1 aliphatic rings. The van der Waals surface area contributed by atoms with Gasteiger partial charge in [-0.3, -0.25) is 9.36 Å². The summed E-state index contributed by atoms with van der Waals surface area (Å²) in [6, 6.07) is 18.7. The third-order valence-electron chi connectivity index (χ3n) is 5.00. The van der Waals surface area contributed by atoms with Crippen LogP contribution in [0.4, 0.5) is 5.82 Å². The zero-order chi connectivity index (χ0) is 22.7. The van der Waals surface area contributed by atoms with E-state index in [9.17, 15) is 24.9 Å². The number of amides is 1. The van der Waals surface area contributed by atoms with Crippen molar-refractivity contribution in [1.82, 2.24) is 9.55 Å². The fourth-order valence-electron chi connectivity index (χ4n) is 3.38. The molecule has 1 aromatic heterocycles. The van der Waals surface area contributed by atoms with E-state index in [-0.39, 0.29) is 5.82 Å². The van der Waals surface area contributed by atoms with Crippen LogP contribution in [0.2, 0.25) is 0 Å². The second kappa shape index (κ2) is 9.23. The second-order valence-electron chi connectivity index (χ2n) is 7.14. The minimum atomic E-state index is -1.98. The van der Waals surface area contributed by atoms with Gasteiger partial charge in [-0.05, 0) is 30.3 Å². The first-order chi connectivity index (χ1) is 15.4. The van der Waals surface area contributed by atoms with Gasteiger partial charge in [0.2, 0.25) is 0 Å². The van der Waals surface area contributed by atoms with E-state index in [1.165, 1.54) is 12.3 Å². The lowest BCUT2D eigenvalue weighted by Crippen LogP contribution is -2.46. The molecule has 9 nitrogen and oxygen atoms in total. The summed E-state index contributed by atoms with van der Waals surface area (Å²) < 4.78 is 6.65. The monoisotopic (exact) mass is 455 g/mol. The molecular weight excluding hydrogens is 434 g/mol. The van der Waals surface area contributed by atoms with Gasteiger partial charge in [0.25, 0.3) is 5.91 Å². The molecule has 0 spiro atoms. The summed E-state index contributed by atoms with van der Waals surface area (Å²) >= 11 is 0.917. The first-order valence-electron chi connectivity index (χ1n) is 9.79. The van der Waals surface area contributed by atoms with Gasteiger partial charge < -0.3 is 25.4 Å². The molecule has 32 heavy (non-hydrogen) atoms. The molecule has 4 atom stereocenters. The SMILES string of the molecule is O=C(Nc1ccn([C@@H]2O[C@H](CO)[C@@H](O)[C@]2(O)Sc2ccccc2)c(=O)n1)c1ccccc1. The molecule has 0 saturated carbocycles. The lowest BCUT2D eigenvalue weighted by molar-refractivity contribution is -0.0628. The number of carbonyl (C=O) groups is 1. The van der Waals surface area contributed by atoms with Crippen LogP contribution in [0, 0.1) is 0 Å². The van der Waals surface area contributed by atoms with Gasteiger partial charge in [-0.25, -0.2) is 4.79 Å². The number of benzene rings is 2. The Bertz CT molecular complexity index is 1140. The van der Waals surface area contributed by atoms with Gasteiger partial charge >= 0.3 is 5.69 Å². The molecule has 0 unspecified atom stereocenters. The molecule has 4 N–H and O–H groups in total. The maximum atomic E-state index is 12.7. The van der Waals surface area contributed by atoms with E-state index >= 15 is 0 Å². The summed E-state index contributed by atoms with van der Waals surface area (Å²) in [6.45, 7) is -0.553. The Morgan fingerprint density at radius 2 is 1.78 bits per heavy atom. The van der Waals surface area contributed by atoms with E-state index in [2.05, 4.69) is 10.3 Å². The van der Waals surface area contributed by atoms with E-state index in [1.807, 2.05) is 0 Å². The highest BCUT2D eigenvalue weighted by Gasteiger charge is 2.57. The van der Waals surface area contributed by atoms with Crippen molar-refractivity contribution in [2.75, 3.05) is 11.9 Å². The molecule has 1 amide bonds. The van der Waals surface area contributed by atoms with E-state index in [1.54, 1.807) is 60.7 Å². The Hall–Kier alpha value is -3.02. The van der Waals surface area contributed by atoms with Crippen molar-refractivity contribution in [3.8, 4) is 0 Å². The van der Waals surface area contributed by atoms with Gasteiger partial charge in [-0.15, -0.1) is 0 Å². The van der Waals surface area contributed by atoms with Crippen molar-refractivity contribution in [3.05, 3.63) is 89.0 Å². The summed E-state index contributed by atoms with van der Waals surface area (Å²) in [7, 11) is 0. The number of hydrogen-bond acceptors (Lipinski definition) is 8. The molecule has 1 saturated heterocycles. The molecule has 1 fully saturated rings. The zero-order valence-corrected chi connectivity index (χ0v) is 17.6. The molecule has 10 heteroatoms. The molecule has 2 heterocycles. The number of nitrogens with one attached hydrogen (secondary N) is 1. The molecule has 0 aliphatic carbocycles. The number of aromatic nitrogens is 2. The number of rotatable bonds is 6. The van der Waals surface area contributed by atoms with Crippen LogP contribution >= 0.6 is 11.8 Å². The first-order valence-corrected chi connectivity index (χ1v) is 10.6. The highest BCUT2D eigenvalue weighted by molar-refractivity contribution is 8.00. The van der Waals surface area contributed by atoms with Crippen molar-refractivity contribution in [3.63, 3.8) is 0 Å². The Morgan fingerprint density at radius 1 is 1.12 bits per heavy atom. The topological polar surface area (TPSA) is 134 Å². The molecule has 166 valence electrons. The van der Waals surface area contributed by atoms with Crippen LogP contribution in [0.1, 0.15) is 16.6 Å². The minimum absolute atomic E-state index is 0.0246. The number of carbonyl (C=O) groups excluding carboxylic acids is 1. The molecular formula is C22H21N3O6S. The Morgan fingerprint density at radius 3 is 2.41 bits per heavy atom. The predicted molar refractivity (Wildman–Crippen MR) is 117 cm³/mol. The predicted octanol–water partition coefficient (Wildman–Crippen LogP) is 1.23. The number of aliphatic hydroxyl groups is 3. The highest BCUT2D eigenvalue weighted by Crippen LogP contribution is 2.48. The Balaban J connectivity index is 1.62. The maximum Gasteiger partial charge on any atom is 0.351 e. The van der Waals surface area contributed by atoms with Gasteiger partial charge in [-0.2, -0.15) is 4.98 Å². The summed E-state index contributed by atoms with van der Waals surface area (Å²) in [5.74, 6) is -0.407. The lowest BCUT2D eigenvalue weighted by atomic mass is 10.1. The smallest absolute Gasteiger partial charge is 0.351 e. The summed E-state index contributed by atoms with van der Waals surface area (Å²) in [4.78, 5) is 27.6. The molecule has 4 rings (SSSR count). The highest BCUT2D eigenvalue weighted by atomic mass is 32.2. The van der Waals surface area contributed by atoms with Gasteiger partial charge in [0.15, 0.2) is 11.2 Å². The molecule has 3 aromatic rings. The normalized spacial score (nSPS) is 24.9. The summed E-state index contributed by atoms with van der Waals surface area (Å²) in [5.41, 5.74) is -0.404. The van der Waals surface area contributed by atoms with E-state index in [0.717, 1.165) is 16.3 Å².